The molecular weight excluding hydrogens is 445 g/mol. The highest BCUT2D eigenvalue weighted by Crippen LogP contribution is 2.62. The van der Waals surface area contributed by atoms with Crippen LogP contribution < -0.4 is 10.5 Å². The maximum atomic E-state index is 13.5. The Morgan fingerprint density at radius 2 is 1.62 bits per heavy atom. The van der Waals surface area contributed by atoms with Gasteiger partial charge >= 0.3 is 0 Å². The highest BCUT2D eigenvalue weighted by atomic mass is 32.2. The van der Waals surface area contributed by atoms with Crippen molar-refractivity contribution >= 4 is 21.7 Å². The summed E-state index contributed by atoms with van der Waals surface area (Å²) in [5, 5.41) is 0. The first-order valence-corrected chi connectivity index (χ1v) is 12.2. The van der Waals surface area contributed by atoms with Crippen LogP contribution in [-0.4, -0.2) is 25.6 Å². The molecular formula is C22H27F3N2O4S. The minimum absolute atomic E-state index is 0.0380. The second kappa shape index (κ2) is 7.55. The Kier molecular flexibility index (Phi) is 5.48. The van der Waals surface area contributed by atoms with Gasteiger partial charge in [0.1, 0.15) is 0 Å². The average Bonchev–Trinajstić information content (AvgIpc) is 2.66. The Morgan fingerprint density at radius 1 is 1.09 bits per heavy atom. The van der Waals surface area contributed by atoms with Crippen molar-refractivity contribution in [3.05, 3.63) is 29.6 Å². The summed E-state index contributed by atoms with van der Waals surface area (Å²) in [6.45, 7) is 2.79. The van der Waals surface area contributed by atoms with Crippen LogP contribution in [0.3, 0.4) is 0 Å². The van der Waals surface area contributed by atoms with Gasteiger partial charge in [0.25, 0.3) is 0 Å². The van der Waals surface area contributed by atoms with E-state index in [1.165, 1.54) is 13.8 Å². The fourth-order valence-electron chi connectivity index (χ4n) is 6.37. The third-order valence-electron chi connectivity index (χ3n) is 7.77. The van der Waals surface area contributed by atoms with Gasteiger partial charge < -0.3 is 5.73 Å². The lowest BCUT2D eigenvalue weighted by Crippen LogP contribution is -2.57. The van der Waals surface area contributed by atoms with Crippen molar-refractivity contribution in [1.29, 1.82) is 0 Å². The highest BCUT2D eigenvalue weighted by Gasteiger charge is 2.58. The summed E-state index contributed by atoms with van der Waals surface area (Å²) in [4.78, 5) is 24.4. The zero-order valence-corrected chi connectivity index (χ0v) is 18.8. The van der Waals surface area contributed by atoms with Gasteiger partial charge in [-0.3, -0.25) is 9.59 Å². The van der Waals surface area contributed by atoms with Crippen LogP contribution in [-0.2, 0) is 19.6 Å². The van der Waals surface area contributed by atoms with Crippen LogP contribution in [0.2, 0.25) is 0 Å². The summed E-state index contributed by atoms with van der Waals surface area (Å²) in [6.07, 6.45) is 4.14. The largest absolute Gasteiger partial charge is 0.369 e. The Bertz CT molecular complexity index is 1050. The van der Waals surface area contributed by atoms with Crippen LogP contribution in [0.25, 0.3) is 0 Å². The minimum atomic E-state index is -4.49. The van der Waals surface area contributed by atoms with Crippen LogP contribution >= 0.6 is 0 Å². The predicted molar refractivity (Wildman–Crippen MR) is 109 cm³/mol. The number of Topliss-reactive ketones (excluding diaryl/α,β-unsaturated/α-hetero) is 1. The molecule has 2 atom stereocenters. The number of rotatable bonds is 7. The molecule has 6 nitrogen and oxygen atoms in total. The predicted octanol–water partition coefficient (Wildman–Crippen LogP) is 3.05. The zero-order valence-electron chi connectivity index (χ0n) is 18.0. The molecule has 1 amide bonds. The van der Waals surface area contributed by atoms with Crippen LogP contribution in [0.1, 0.15) is 52.4 Å². The molecule has 0 aromatic heterocycles. The van der Waals surface area contributed by atoms with Crippen molar-refractivity contribution in [1.82, 2.24) is 4.72 Å². The van der Waals surface area contributed by atoms with Crippen molar-refractivity contribution in [3.63, 3.8) is 0 Å². The summed E-state index contributed by atoms with van der Waals surface area (Å²) in [7, 11) is -4.49. The van der Waals surface area contributed by atoms with E-state index >= 15 is 0 Å². The van der Waals surface area contributed by atoms with E-state index in [0.29, 0.717) is 30.9 Å². The number of hydrogen-bond acceptors (Lipinski definition) is 4. The van der Waals surface area contributed by atoms with Crippen LogP contribution in [0.15, 0.2) is 17.0 Å². The maximum absolute atomic E-state index is 13.5. The summed E-state index contributed by atoms with van der Waals surface area (Å²) in [5.41, 5.74) is 3.68. The summed E-state index contributed by atoms with van der Waals surface area (Å²) >= 11 is 0. The lowest BCUT2D eigenvalue weighted by molar-refractivity contribution is -0.152. The second-order valence-electron chi connectivity index (χ2n) is 10.3. The molecule has 1 aromatic carbocycles. The first-order chi connectivity index (χ1) is 14.7. The van der Waals surface area contributed by atoms with E-state index in [0.717, 1.165) is 19.3 Å². The summed E-state index contributed by atoms with van der Waals surface area (Å²) < 4.78 is 67.8. The lowest BCUT2D eigenvalue weighted by atomic mass is 9.45. The zero-order chi connectivity index (χ0) is 23.6. The first-order valence-electron chi connectivity index (χ1n) is 10.8. The van der Waals surface area contributed by atoms with Gasteiger partial charge in [-0.05, 0) is 81.8 Å². The molecule has 0 saturated heterocycles. The van der Waals surface area contributed by atoms with Crippen molar-refractivity contribution in [3.8, 4) is 0 Å². The lowest BCUT2D eigenvalue weighted by Gasteiger charge is -2.59. The molecule has 5 rings (SSSR count). The normalized spacial score (nSPS) is 31.7. The number of benzene rings is 1. The monoisotopic (exact) mass is 472 g/mol. The fraction of sp³-hybridized carbons (Fsp3) is 0.636. The van der Waals surface area contributed by atoms with E-state index in [9.17, 15) is 31.2 Å². The third kappa shape index (κ3) is 3.85. The number of ketones is 1. The Hall–Kier alpha value is -1.94. The Labute approximate surface area is 185 Å². The number of hydrogen-bond donors (Lipinski definition) is 2. The number of primary amides is 1. The fourth-order valence-corrected chi connectivity index (χ4v) is 7.79. The molecule has 4 fully saturated rings. The number of nitrogens with two attached hydrogens (primary N) is 1. The third-order valence-corrected chi connectivity index (χ3v) is 9.40. The van der Waals surface area contributed by atoms with E-state index in [-0.39, 0.29) is 35.9 Å². The number of sulfonamides is 1. The van der Waals surface area contributed by atoms with Gasteiger partial charge in [0.2, 0.25) is 15.9 Å². The van der Waals surface area contributed by atoms with Gasteiger partial charge in [0, 0.05) is 11.8 Å². The second-order valence-corrected chi connectivity index (χ2v) is 12.0. The van der Waals surface area contributed by atoms with E-state index < -0.39 is 43.3 Å². The molecule has 10 heteroatoms. The van der Waals surface area contributed by atoms with Crippen molar-refractivity contribution in [2.75, 3.05) is 0 Å². The molecule has 0 spiro atoms. The Morgan fingerprint density at radius 3 is 2.12 bits per heavy atom. The van der Waals surface area contributed by atoms with Gasteiger partial charge in [-0.2, -0.15) is 4.72 Å². The quantitative estimate of drug-likeness (QED) is 0.595. The van der Waals surface area contributed by atoms with Gasteiger partial charge in [0.15, 0.2) is 23.2 Å². The molecule has 176 valence electrons. The molecule has 4 saturated carbocycles. The standard InChI is InChI=1S/C22H27F3N2O4S/c1-21(2,27-32(30,31)14-5-16(23)19(25)17(24)6-14)18(28)7-15-12-3-11-4-13(15)10-22(8-11,9-12)20(26)29/h5-6,11-13,15,27H,3-4,7-10H2,1-2H3,(H2,26,29). The van der Waals surface area contributed by atoms with E-state index in [4.69, 9.17) is 5.73 Å². The molecule has 1 aromatic rings. The molecule has 3 N–H and O–H groups in total. The van der Waals surface area contributed by atoms with E-state index in [1.54, 1.807) is 0 Å². The number of carbonyl (C=O) groups excluding carboxylic acids is 2. The van der Waals surface area contributed by atoms with Gasteiger partial charge in [-0.1, -0.05) is 0 Å². The van der Waals surface area contributed by atoms with Crippen LogP contribution in [0, 0.1) is 46.5 Å². The van der Waals surface area contributed by atoms with Gasteiger partial charge in [-0.15, -0.1) is 0 Å². The average molecular weight is 473 g/mol. The number of nitrogens with one attached hydrogen (secondary N) is 1. The summed E-state index contributed by atoms with van der Waals surface area (Å²) in [6, 6.07) is 0.755. The van der Waals surface area contributed by atoms with Crippen molar-refractivity contribution < 1.29 is 31.2 Å². The smallest absolute Gasteiger partial charge is 0.241 e. The maximum Gasteiger partial charge on any atom is 0.241 e. The highest BCUT2D eigenvalue weighted by molar-refractivity contribution is 7.89. The molecule has 4 aliphatic rings. The molecule has 32 heavy (non-hydrogen) atoms. The topological polar surface area (TPSA) is 106 Å². The van der Waals surface area contributed by atoms with Crippen LogP contribution in [0.5, 0.6) is 0 Å². The first kappa shape index (κ1) is 23.2. The minimum Gasteiger partial charge on any atom is -0.369 e. The molecule has 2 unspecified atom stereocenters. The molecule has 0 aliphatic heterocycles. The van der Waals surface area contributed by atoms with Crippen molar-refractivity contribution in [2.24, 2.45) is 34.8 Å². The molecule has 0 heterocycles. The molecule has 0 radical (unpaired) electrons. The number of amides is 1. The van der Waals surface area contributed by atoms with Gasteiger partial charge in [0.05, 0.1) is 10.4 Å². The SMILES string of the molecule is CC(C)(NS(=O)(=O)c1cc(F)c(F)c(F)c1)C(=O)CC1C2CC3CC1CC(C(N)=O)(C3)C2. The van der Waals surface area contributed by atoms with Crippen molar-refractivity contribution in [2.45, 2.75) is 62.8 Å². The summed E-state index contributed by atoms with van der Waals surface area (Å²) in [5.74, 6) is -4.82. The van der Waals surface area contributed by atoms with Crippen LogP contribution in [0.4, 0.5) is 13.2 Å². The Balaban J connectivity index is 1.50. The molecule has 4 aliphatic carbocycles. The number of carbonyl (C=O) groups is 2. The number of halogens is 3. The van der Waals surface area contributed by atoms with Gasteiger partial charge in [-0.25, -0.2) is 21.6 Å². The van der Waals surface area contributed by atoms with E-state index in [2.05, 4.69) is 4.72 Å². The molecule has 4 bridgehead atoms. The van der Waals surface area contributed by atoms with E-state index in [1.807, 2.05) is 0 Å².